The van der Waals surface area contributed by atoms with Gasteiger partial charge in [0.1, 0.15) is 0 Å². The number of hydrogen-bond acceptors (Lipinski definition) is 5. The van der Waals surface area contributed by atoms with Crippen molar-refractivity contribution in [1.82, 2.24) is 15.0 Å². The molecule has 0 atom stereocenters. The number of nitrogens with zero attached hydrogens (tertiary/aromatic N) is 3. The molecule has 0 fully saturated rings. The first kappa shape index (κ1) is 26.7. The van der Waals surface area contributed by atoms with Crippen LogP contribution >= 0.6 is 23.2 Å². The third kappa shape index (κ3) is 6.71. The number of hydrogen-bond donors (Lipinski definition) is 2. The standard InChI is InChI=1S/C27H24Cl2F3N5/c1-3-37(2)36-25-23(18-6-12-21(28)13-7-18)24(19-8-14-22(29)15-9-19)34-26(35-25)33-16-17-4-10-20(11-5-17)27(30,31)32/h4-15H,3,16H2,1-2H3,(H2,33,34,35,36). The Hall–Kier alpha value is -3.33. The minimum Gasteiger partial charge on any atom is -0.350 e. The molecule has 0 saturated carbocycles. The molecule has 0 aliphatic rings. The molecule has 0 aliphatic heterocycles. The average molecular weight is 546 g/mol. The molecule has 10 heteroatoms. The predicted octanol–water partition coefficient (Wildman–Crippen LogP) is 8.03. The molecule has 0 amide bonds. The normalized spacial score (nSPS) is 11.6. The van der Waals surface area contributed by atoms with Gasteiger partial charge in [0.15, 0.2) is 5.82 Å². The van der Waals surface area contributed by atoms with Crippen LogP contribution in [0.25, 0.3) is 22.4 Å². The lowest BCUT2D eigenvalue weighted by Crippen LogP contribution is -2.26. The molecule has 1 aromatic heterocycles. The van der Waals surface area contributed by atoms with Gasteiger partial charge in [-0.3, -0.25) is 0 Å². The van der Waals surface area contributed by atoms with Crippen LogP contribution in [-0.2, 0) is 12.7 Å². The van der Waals surface area contributed by atoms with E-state index in [9.17, 15) is 13.2 Å². The van der Waals surface area contributed by atoms with Crippen LogP contribution in [0.4, 0.5) is 24.9 Å². The van der Waals surface area contributed by atoms with Crippen molar-refractivity contribution in [2.75, 3.05) is 24.3 Å². The van der Waals surface area contributed by atoms with Crippen LogP contribution < -0.4 is 10.7 Å². The molecule has 4 rings (SSSR count). The Morgan fingerprint density at radius 1 is 0.811 bits per heavy atom. The number of anilines is 2. The molecule has 192 valence electrons. The van der Waals surface area contributed by atoms with E-state index in [1.807, 2.05) is 43.2 Å². The van der Waals surface area contributed by atoms with Crippen molar-refractivity contribution in [2.24, 2.45) is 0 Å². The maximum absolute atomic E-state index is 12.9. The van der Waals surface area contributed by atoms with E-state index in [1.54, 1.807) is 24.3 Å². The molecule has 3 aromatic carbocycles. The molecule has 0 unspecified atom stereocenters. The van der Waals surface area contributed by atoms with Crippen molar-refractivity contribution in [3.63, 3.8) is 0 Å². The second-order valence-electron chi connectivity index (χ2n) is 8.31. The van der Waals surface area contributed by atoms with Gasteiger partial charge in [0.25, 0.3) is 0 Å². The first-order valence-electron chi connectivity index (χ1n) is 11.5. The maximum Gasteiger partial charge on any atom is 0.416 e. The summed E-state index contributed by atoms with van der Waals surface area (Å²) in [7, 11) is 1.89. The SMILES string of the molecule is CCN(C)Nc1nc(NCc2ccc(C(F)(F)F)cc2)nc(-c2ccc(Cl)cc2)c1-c1ccc(Cl)cc1. The van der Waals surface area contributed by atoms with Gasteiger partial charge in [0.05, 0.1) is 16.8 Å². The van der Waals surface area contributed by atoms with E-state index in [4.69, 9.17) is 33.2 Å². The van der Waals surface area contributed by atoms with Crippen molar-refractivity contribution in [1.29, 1.82) is 0 Å². The maximum atomic E-state index is 12.9. The molecule has 0 aliphatic carbocycles. The van der Waals surface area contributed by atoms with E-state index in [-0.39, 0.29) is 6.54 Å². The van der Waals surface area contributed by atoms with E-state index in [2.05, 4.69) is 10.7 Å². The summed E-state index contributed by atoms with van der Waals surface area (Å²) >= 11 is 12.3. The zero-order valence-electron chi connectivity index (χ0n) is 20.1. The zero-order chi connectivity index (χ0) is 26.6. The van der Waals surface area contributed by atoms with Gasteiger partial charge in [-0.25, -0.2) is 9.99 Å². The Labute approximate surface area is 223 Å². The van der Waals surface area contributed by atoms with E-state index in [1.165, 1.54) is 12.1 Å². The summed E-state index contributed by atoms with van der Waals surface area (Å²) in [4.78, 5) is 9.52. The summed E-state index contributed by atoms with van der Waals surface area (Å²) in [6.45, 7) is 2.94. The fourth-order valence-electron chi connectivity index (χ4n) is 3.58. The zero-order valence-corrected chi connectivity index (χ0v) is 21.6. The van der Waals surface area contributed by atoms with Crippen molar-refractivity contribution < 1.29 is 13.2 Å². The summed E-state index contributed by atoms with van der Waals surface area (Å²) in [6.07, 6.45) is -4.38. The number of aromatic nitrogens is 2. The molecule has 2 N–H and O–H groups in total. The number of alkyl halides is 3. The third-order valence-corrected chi connectivity index (χ3v) is 6.17. The predicted molar refractivity (Wildman–Crippen MR) is 144 cm³/mol. The van der Waals surface area contributed by atoms with Crippen LogP contribution in [0.1, 0.15) is 18.1 Å². The van der Waals surface area contributed by atoms with Crippen LogP contribution in [0, 0.1) is 0 Å². The van der Waals surface area contributed by atoms with Gasteiger partial charge in [-0.05, 0) is 47.5 Å². The van der Waals surface area contributed by atoms with Gasteiger partial charge in [-0.1, -0.05) is 66.5 Å². The Bertz CT molecular complexity index is 1340. The van der Waals surface area contributed by atoms with E-state index in [0.29, 0.717) is 39.6 Å². The monoisotopic (exact) mass is 545 g/mol. The smallest absolute Gasteiger partial charge is 0.350 e. The summed E-state index contributed by atoms with van der Waals surface area (Å²) in [6, 6.07) is 19.7. The molecular weight excluding hydrogens is 522 g/mol. The number of rotatable bonds is 8. The highest BCUT2D eigenvalue weighted by Crippen LogP contribution is 2.38. The highest BCUT2D eigenvalue weighted by molar-refractivity contribution is 6.31. The minimum atomic E-state index is -4.38. The number of nitrogens with one attached hydrogen (secondary N) is 2. The second-order valence-corrected chi connectivity index (χ2v) is 9.18. The summed E-state index contributed by atoms with van der Waals surface area (Å²) in [5.41, 5.74) is 6.36. The Morgan fingerprint density at radius 2 is 1.38 bits per heavy atom. The van der Waals surface area contributed by atoms with E-state index in [0.717, 1.165) is 28.8 Å². The average Bonchev–Trinajstić information content (AvgIpc) is 2.88. The van der Waals surface area contributed by atoms with Crippen LogP contribution in [0.5, 0.6) is 0 Å². The molecule has 0 bridgehead atoms. The van der Waals surface area contributed by atoms with Crippen molar-refractivity contribution in [3.05, 3.63) is 94.0 Å². The highest BCUT2D eigenvalue weighted by Gasteiger charge is 2.30. The third-order valence-electron chi connectivity index (χ3n) is 5.66. The Balaban J connectivity index is 1.77. The van der Waals surface area contributed by atoms with Crippen LogP contribution in [0.15, 0.2) is 72.8 Å². The van der Waals surface area contributed by atoms with Crippen molar-refractivity contribution in [3.8, 4) is 22.4 Å². The molecule has 0 radical (unpaired) electrons. The lowest BCUT2D eigenvalue weighted by Gasteiger charge is -2.22. The van der Waals surface area contributed by atoms with Crippen LogP contribution in [-0.4, -0.2) is 28.6 Å². The highest BCUT2D eigenvalue weighted by atomic mass is 35.5. The van der Waals surface area contributed by atoms with Crippen molar-refractivity contribution in [2.45, 2.75) is 19.6 Å². The van der Waals surface area contributed by atoms with Crippen LogP contribution in [0.2, 0.25) is 10.0 Å². The van der Waals surface area contributed by atoms with E-state index >= 15 is 0 Å². The number of hydrazine groups is 1. The van der Waals surface area contributed by atoms with Gasteiger partial charge in [-0.15, -0.1) is 0 Å². The summed E-state index contributed by atoms with van der Waals surface area (Å²) < 4.78 is 38.7. The Morgan fingerprint density at radius 3 is 1.92 bits per heavy atom. The number of benzene rings is 3. The lowest BCUT2D eigenvalue weighted by molar-refractivity contribution is -0.137. The fourth-order valence-corrected chi connectivity index (χ4v) is 3.83. The topological polar surface area (TPSA) is 53.1 Å². The molecule has 0 saturated heterocycles. The fraction of sp³-hybridized carbons (Fsp3) is 0.185. The van der Waals surface area contributed by atoms with Gasteiger partial charge < -0.3 is 10.7 Å². The van der Waals surface area contributed by atoms with E-state index < -0.39 is 11.7 Å². The lowest BCUT2D eigenvalue weighted by atomic mass is 9.99. The van der Waals surface area contributed by atoms with Gasteiger partial charge in [0, 0.05) is 35.7 Å². The minimum absolute atomic E-state index is 0.238. The quantitative estimate of drug-likeness (QED) is 0.219. The summed E-state index contributed by atoms with van der Waals surface area (Å²) in [5, 5.41) is 6.23. The van der Waals surface area contributed by atoms with Crippen LogP contribution in [0.3, 0.4) is 0 Å². The first-order valence-corrected chi connectivity index (χ1v) is 12.2. The van der Waals surface area contributed by atoms with Crippen molar-refractivity contribution >= 4 is 35.0 Å². The first-order chi connectivity index (χ1) is 17.6. The molecular formula is C27H24Cl2F3N5. The van der Waals surface area contributed by atoms with Gasteiger partial charge in [-0.2, -0.15) is 18.2 Å². The molecule has 0 spiro atoms. The molecule has 37 heavy (non-hydrogen) atoms. The molecule has 5 nitrogen and oxygen atoms in total. The number of halogens is 5. The summed E-state index contributed by atoms with van der Waals surface area (Å²) in [5.74, 6) is 0.871. The molecule has 4 aromatic rings. The van der Waals surface area contributed by atoms with Gasteiger partial charge >= 0.3 is 6.18 Å². The Kier molecular flexibility index (Phi) is 8.22. The largest absolute Gasteiger partial charge is 0.416 e. The second kappa shape index (κ2) is 11.4. The van der Waals surface area contributed by atoms with Gasteiger partial charge in [0.2, 0.25) is 5.95 Å². The molecule has 1 heterocycles.